The van der Waals surface area contributed by atoms with Crippen LogP contribution in [-0.4, -0.2) is 39.9 Å². The molecule has 0 bridgehead atoms. The molecule has 1 aliphatic carbocycles. The molecule has 0 heterocycles. The molecule has 0 aliphatic heterocycles. The lowest BCUT2D eigenvalue weighted by molar-refractivity contribution is -0.131. The fraction of sp³-hybridized carbons (Fsp3) is 0.368. The number of ether oxygens (including phenoxy) is 3. The number of ketones is 1. The normalized spacial score (nSPS) is 14.2. The van der Waals surface area contributed by atoms with Crippen molar-refractivity contribution in [3.63, 3.8) is 0 Å². The van der Waals surface area contributed by atoms with Crippen molar-refractivity contribution in [2.75, 3.05) is 14.2 Å². The summed E-state index contributed by atoms with van der Waals surface area (Å²) in [5.74, 6) is -2.02. The number of Topliss-reactive ketones (excluding diaryl/α,β-unsaturated/α-hetero) is 1. The molecule has 0 radical (unpaired) electrons. The van der Waals surface area contributed by atoms with Crippen molar-refractivity contribution in [3.05, 3.63) is 23.3 Å². The van der Waals surface area contributed by atoms with Crippen LogP contribution in [0.5, 0.6) is 23.0 Å². The van der Waals surface area contributed by atoms with Crippen LogP contribution < -0.4 is 18.4 Å². The minimum absolute atomic E-state index is 0.00211. The van der Waals surface area contributed by atoms with E-state index in [1.54, 1.807) is 0 Å². The van der Waals surface area contributed by atoms with Crippen LogP contribution in [0.1, 0.15) is 35.7 Å². The lowest BCUT2D eigenvalue weighted by atomic mass is 9.86. The Morgan fingerprint density at radius 2 is 1.74 bits per heavy atom. The second-order valence-corrected chi connectivity index (χ2v) is 8.16. The van der Waals surface area contributed by atoms with Crippen molar-refractivity contribution in [1.29, 1.82) is 0 Å². The Labute approximate surface area is 174 Å². The summed E-state index contributed by atoms with van der Waals surface area (Å²) in [6.45, 7) is 1.11. The van der Waals surface area contributed by atoms with E-state index in [1.807, 2.05) is 0 Å². The molecule has 0 unspecified atom stereocenters. The Hall–Kier alpha value is -3.02. The maximum atomic E-state index is 13.1. The number of methoxy groups -OCH3 is 2. The van der Waals surface area contributed by atoms with Gasteiger partial charge in [0.05, 0.1) is 25.2 Å². The van der Waals surface area contributed by atoms with E-state index in [0.29, 0.717) is 0 Å². The fourth-order valence-electron chi connectivity index (χ4n) is 3.47. The summed E-state index contributed by atoms with van der Waals surface area (Å²) in [5.41, 5.74) is -5.83. The molecule has 0 spiro atoms. The Kier molecular flexibility index (Phi) is 5.78. The third kappa shape index (κ3) is 3.99. The number of carbonyl (C=O) groups excluding carboxylic acids is 2. The maximum Gasteiger partial charge on any atom is 0.534 e. The van der Waals surface area contributed by atoms with Crippen LogP contribution in [0.15, 0.2) is 12.1 Å². The van der Waals surface area contributed by atoms with Crippen LogP contribution in [0, 0.1) is 0 Å². The molecule has 0 aromatic heterocycles. The quantitative estimate of drug-likeness (QED) is 0.288. The second kappa shape index (κ2) is 7.91. The Bertz CT molecular complexity index is 1190. The van der Waals surface area contributed by atoms with Gasteiger partial charge in [-0.15, -0.1) is 0 Å². The first-order valence-corrected chi connectivity index (χ1v) is 10.3. The van der Waals surface area contributed by atoms with Gasteiger partial charge in [0.15, 0.2) is 11.5 Å². The SMILES string of the molecule is COc1cc(OC(C)=O)cc2c(OS(=O)(=O)C(F)(F)F)c3c(c(OC)c12)C(=O)CCC3. The topological polar surface area (TPSA) is 105 Å². The summed E-state index contributed by atoms with van der Waals surface area (Å²) >= 11 is 0. The zero-order chi connectivity index (χ0) is 23.1. The summed E-state index contributed by atoms with van der Waals surface area (Å²) in [6, 6.07) is 2.39. The molecule has 8 nitrogen and oxygen atoms in total. The van der Waals surface area contributed by atoms with E-state index >= 15 is 0 Å². The lowest BCUT2D eigenvalue weighted by Gasteiger charge is -2.25. The van der Waals surface area contributed by atoms with Crippen molar-refractivity contribution < 1.29 is 49.6 Å². The molecule has 0 saturated carbocycles. The van der Waals surface area contributed by atoms with Crippen LogP contribution in [0.4, 0.5) is 13.2 Å². The van der Waals surface area contributed by atoms with Gasteiger partial charge in [0.1, 0.15) is 17.2 Å². The predicted molar refractivity (Wildman–Crippen MR) is 101 cm³/mol. The summed E-state index contributed by atoms with van der Waals surface area (Å²) < 4.78 is 83.0. The number of carbonyl (C=O) groups is 2. The second-order valence-electron chi connectivity index (χ2n) is 6.62. The predicted octanol–water partition coefficient (Wildman–Crippen LogP) is 3.53. The Morgan fingerprint density at radius 1 is 1.06 bits per heavy atom. The minimum atomic E-state index is -6.07. The largest absolute Gasteiger partial charge is 0.534 e. The average Bonchev–Trinajstić information content (AvgIpc) is 2.66. The highest BCUT2D eigenvalue weighted by molar-refractivity contribution is 7.88. The number of benzene rings is 2. The molecule has 31 heavy (non-hydrogen) atoms. The fourth-order valence-corrected chi connectivity index (χ4v) is 3.97. The number of rotatable bonds is 5. The summed E-state index contributed by atoms with van der Waals surface area (Å²) in [5, 5.41) is -0.184. The number of fused-ring (bicyclic) bond motifs is 2. The first kappa shape index (κ1) is 22.7. The van der Waals surface area contributed by atoms with Crippen molar-refractivity contribution in [1.82, 2.24) is 0 Å². The highest BCUT2D eigenvalue weighted by Crippen LogP contribution is 2.49. The molecule has 0 saturated heterocycles. The molecule has 0 N–H and O–H groups in total. The molecule has 1 aliphatic rings. The van der Waals surface area contributed by atoms with Gasteiger partial charge in [0.2, 0.25) is 0 Å². The summed E-state index contributed by atoms with van der Waals surface area (Å²) in [6.07, 6.45) is 0.425. The van der Waals surface area contributed by atoms with Gasteiger partial charge in [-0.25, -0.2) is 0 Å². The molecule has 12 heteroatoms. The number of esters is 1. The van der Waals surface area contributed by atoms with E-state index in [4.69, 9.17) is 14.2 Å². The van der Waals surface area contributed by atoms with Gasteiger partial charge in [-0.2, -0.15) is 21.6 Å². The minimum Gasteiger partial charge on any atom is -0.496 e. The van der Waals surface area contributed by atoms with Gasteiger partial charge in [-0.3, -0.25) is 9.59 Å². The monoisotopic (exact) mass is 462 g/mol. The number of hydrogen-bond donors (Lipinski definition) is 0. The number of alkyl halides is 3. The van der Waals surface area contributed by atoms with E-state index in [2.05, 4.69) is 4.18 Å². The van der Waals surface area contributed by atoms with Gasteiger partial charge >= 0.3 is 21.6 Å². The van der Waals surface area contributed by atoms with Gasteiger partial charge in [0, 0.05) is 30.4 Å². The molecule has 0 fully saturated rings. The Balaban J connectivity index is 2.49. The first-order valence-electron chi connectivity index (χ1n) is 8.88. The molecular formula is C19H17F3O8S. The van der Waals surface area contributed by atoms with E-state index in [0.717, 1.165) is 13.0 Å². The van der Waals surface area contributed by atoms with Crippen LogP contribution in [-0.2, 0) is 21.3 Å². The van der Waals surface area contributed by atoms with Crippen molar-refractivity contribution >= 4 is 32.6 Å². The van der Waals surface area contributed by atoms with Crippen molar-refractivity contribution in [2.45, 2.75) is 31.7 Å². The zero-order valence-corrected chi connectivity index (χ0v) is 17.4. The van der Waals surface area contributed by atoms with Crippen LogP contribution in [0.25, 0.3) is 10.8 Å². The van der Waals surface area contributed by atoms with E-state index < -0.39 is 33.1 Å². The molecule has 0 amide bonds. The van der Waals surface area contributed by atoms with E-state index in [1.165, 1.54) is 20.3 Å². The molecular weight excluding hydrogens is 445 g/mol. The van der Waals surface area contributed by atoms with Crippen LogP contribution in [0.2, 0.25) is 0 Å². The zero-order valence-electron chi connectivity index (χ0n) is 16.6. The average molecular weight is 462 g/mol. The summed E-state index contributed by atoms with van der Waals surface area (Å²) in [7, 11) is -3.58. The van der Waals surface area contributed by atoms with Crippen LogP contribution >= 0.6 is 0 Å². The van der Waals surface area contributed by atoms with E-state index in [9.17, 15) is 31.2 Å². The molecule has 2 aromatic carbocycles. The number of hydrogen-bond acceptors (Lipinski definition) is 8. The highest BCUT2D eigenvalue weighted by atomic mass is 32.2. The van der Waals surface area contributed by atoms with Crippen LogP contribution in [0.3, 0.4) is 0 Å². The third-order valence-electron chi connectivity index (χ3n) is 4.62. The smallest absolute Gasteiger partial charge is 0.496 e. The van der Waals surface area contributed by atoms with Gasteiger partial charge in [-0.05, 0) is 18.9 Å². The van der Waals surface area contributed by atoms with Crippen molar-refractivity contribution in [2.24, 2.45) is 0 Å². The highest BCUT2D eigenvalue weighted by Gasteiger charge is 2.49. The maximum absolute atomic E-state index is 13.1. The van der Waals surface area contributed by atoms with Gasteiger partial charge in [0.25, 0.3) is 0 Å². The standard InChI is InChI=1S/C19H17F3O8S/c1-9(23)29-10-7-12-16(14(8-10)27-2)18(28-3)15-11(5-4-6-13(15)24)17(12)30-31(25,26)19(20,21)22/h7-8H,4-6H2,1-3H3. The third-order valence-corrected chi connectivity index (χ3v) is 5.57. The molecule has 168 valence electrons. The van der Waals surface area contributed by atoms with Crippen molar-refractivity contribution in [3.8, 4) is 23.0 Å². The number of halogens is 3. The molecule has 3 rings (SSSR count). The summed E-state index contributed by atoms with van der Waals surface area (Å²) in [4.78, 5) is 24.0. The molecule has 0 atom stereocenters. The lowest BCUT2D eigenvalue weighted by Crippen LogP contribution is -2.29. The van der Waals surface area contributed by atoms with Gasteiger partial charge < -0.3 is 18.4 Å². The van der Waals surface area contributed by atoms with E-state index in [-0.39, 0.29) is 58.4 Å². The molecule has 2 aromatic rings. The van der Waals surface area contributed by atoms with Gasteiger partial charge in [-0.1, -0.05) is 0 Å². The first-order chi connectivity index (χ1) is 14.4. The Morgan fingerprint density at radius 3 is 2.29 bits per heavy atom.